The minimum atomic E-state index is -2.28. The molecule has 4 amide bonds. The molecule has 2 aliphatic heterocycles. The van der Waals surface area contributed by atoms with E-state index in [0.29, 0.717) is 17.9 Å². The number of nitrogens with one attached hydrogen (secondary N) is 3. The van der Waals surface area contributed by atoms with Crippen LogP contribution in [-0.4, -0.2) is 104 Å². The highest BCUT2D eigenvalue weighted by Crippen LogP contribution is 2.33. The number of H-pyrrole nitrogens is 1. The van der Waals surface area contributed by atoms with Crippen molar-refractivity contribution in [2.24, 2.45) is 5.92 Å². The van der Waals surface area contributed by atoms with Gasteiger partial charge in [0.25, 0.3) is 0 Å². The molecule has 0 saturated carbocycles. The third kappa shape index (κ3) is 9.24. The first-order chi connectivity index (χ1) is 26.8. The summed E-state index contributed by atoms with van der Waals surface area (Å²) in [5.41, 5.74) is 4.54. The molecule has 6 rings (SSSR count). The van der Waals surface area contributed by atoms with Gasteiger partial charge in [0.15, 0.2) is 11.6 Å². The van der Waals surface area contributed by atoms with Crippen LogP contribution >= 0.6 is 0 Å². The number of aliphatic hydroxyl groups is 2. The first-order valence-corrected chi connectivity index (χ1v) is 18.5. The summed E-state index contributed by atoms with van der Waals surface area (Å²) in [6, 6.07) is 21.5. The van der Waals surface area contributed by atoms with Crippen molar-refractivity contribution >= 4 is 29.8 Å². The predicted molar refractivity (Wildman–Crippen MR) is 204 cm³/mol. The Labute approximate surface area is 324 Å². The summed E-state index contributed by atoms with van der Waals surface area (Å²) in [4.78, 5) is 75.0. The van der Waals surface area contributed by atoms with Gasteiger partial charge in [0.1, 0.15) is 24.5 Å². The van der Waals surface area contributed by atoms with Crippen molar-refractivity contribution in [3.8, 4) is 22.4 Å². The maximum Gasteiger partial charge on any atom is 0.410 e. The zero-order valence-electron chi connectivity index (χ0n) is 31.4. The molecule has 3 atom stereocenters. The number of likely N-dealkylation sites (tertiary alicyclic amines) is 2. The van der Waals surface area contributed by atoms with Gasteiger partial charge in [0.05, 0.1) is 38.1 Å². The lowest BCUT2D eigenvalue weighted by Gasteiger charge is -2.30. The van der Waals surface area contributed by atoms with E-state index < -0.39 is 48.9 Å². The van der Waals surface area contributed by atoms with Gasteiger partial charge in [-0.15, -0.1) is 0 Å². The largest absolute Gasteiger partial charge is 0.453 e. The average molecular weight is 767 g/mol. The Kier molecular flexibility index (Phi) is 12.1. The number of carbonyl (C=O) groups is 5. The van der Waals surface area contributed by atoms with Gasteiger partial charge in [-0.3, -0.25) is 19.3 Å². The number of ether oxygens (including phenoxy) is 2. The summed E-state index contributed by atoms with van der Waals surface area (Å²) in [6.45, 7) is 3.37. The molecule has 2 aliphatic rings. The second kappa shape index (κ2) is 17.2. The van der Waals surface area contributed by atoms with Crippen LogP contribution in [0.15, 0.2) is 85.1 Å². The zero-order valence-corrected chi connectivity index (χ0v) is 31.4. The first kappa shape index (κ1) is 39.6. The van der Waals surface area contributed by atoms with Crippen LogP contribution in [0.4, 0.5) is 9.59 Å². The van der Waals surface area contributed by atoms with Gasteiger partial charge in [-0.1, -0.05) is 92.7 Å². The van der Waals surface area contributed by atoms with E-state index in [1.54, 1.807) is 59.6 Å². The molecule has 0 bridgehead atoms. The summed E-state index contributed by atoms with van der Waals surface area (Å²) in [6.07, 6.45) is 1.33. The van der Waals surface area contributed by atoms with E-state index in [2.05, 4.69) is 20.6 Å². The fraction of sp³-hybridized carbons (Fsp3) is 0.366. The number of imidazole rings is 1. The summed E-state index contributed by atoms with van der Waals surface area (Å²) in [5.74, 6) is -3.00. The minimum Gasteiger partial charge on any atom is -0.453 e. The maximum absolute atomic E-state index is 13.5. The van der Waals surface area contributed by atoms with Crippen LogP contribution < -0.4 is 10.6 Å². The van der Waals surface area contributed by atoms with E-state index in [1.165, 1.54) is 7.11 Å². The number of benzene rings is 3. The second-order valence-electron chi connectivity index (χ2n) is 14.4. The molecule has 2 saturated heterocycles. The number of hydrogen-bond donors (Lipinski definition) is 5. The van der Waals surface area contributed by atoms with Crippen molar-refractivity contribution in [3.05, 3.63) is 102 Å². The van der Waals surface area contributed by atoms with E-state index in [0.717, 1.165) is 45.7 Å². The van der Waals surface area contributed by atoms with Gasteiger partial charge >= 0.3 is 12.2 Å². The lowest BCUT2D eigenvalue weighted by molar-refractivity contribution is -0.149. The molecule has 3 aromatic carbocycles. The summed E-state index contributed by atoms with van der Waals surface area (Å²) in [7, 11) is 1.27. The molecule has 4 aromatic rings. The Morgan fingerprint density at radius 3 is 2.25 bits per heavy atom. The maximum atomic E-state index is 13.5. The van der Waals surface area contributed by atoms with Crippen LogP contribution in [0, 0.1) is 5.92 Å². The quantitative estimate of drug-likeness (QED) is 0.103. The molecular weight excluding hydrogens is 720 g/mol. The van der Waals surface area contributed by atoms with Crippen LogP contribution in [0.2, 0.25) is 0 Å². The standard InChI is InChI=1S/C41H46N6O9/c1-25(2)35(45-39(51)55-3)38(50)46-19-7-10-32(46)36-42-21-31(44-36)29-15-11-27(12-16-29)28-13-17-30(18-14-28)34(48)22-43-37(49)33-20-41(53,54)24-47(33)40(52)56-23-26-8-5-4-6-9-26/h4-6,8-9,11-18,21,25,32-33,35,53-54H,7,10,19-20,22-24H2,1-3H3,(H,42,44)(H,43,49)(H,45,51)/t32?,33-,35-/m0/s1. The topological polar surface area (TPSA) is 203 Å². The number of carbonyl (C=O) groups excluding carboxylic acids is 5. The molecule has 0 radical (unpaired) electrons. The molecule has 1 unspecified atom stereocenters. The van der Waals surface area contributed by atoms with Crippen molar-refractivity contribution < 1.29 is 43.7 Å². The molecule has 0 spiro atoms. The monoisotopic (exact) mass is 766 g/mol. The van der Waals surface area contributed by atoms with Crippen LogP contribution in [0.1, 0.15) is 60.9 Å². The van der Waals surface area contributed by atoms with E-state index >= 15 is 0 Å². The summed E-state index contributed by atoms with van der Waals surface area (Å²) in [5, 5.41) is 25.6. The van der Waals surface area contributed by atoms with Crippen LogP contribution in [0.25, 0.3) is 22.4 Å². The number of β-amino-alcohol motifs (C(OH)–C–C–N with tert-alkyl or cyclic N) is 2. The number of aromatic nitrogens is 2. The van der Waals surface area contributed by atoms with E-state index in [9.17, 15) is 34.2 Å². The average Bonchev–Trinajstić information content (AvgIpc) is 3.97. The normalized spacial score (nSPS) is 18.0. The molecule has 0 aliphatic carbocycles. The molecule has 56 heavy (non-hydrogen) atoms. The minimum absolute atomic E-state index is 0.0539. The number of ketones is 1. The van der Waals surface area contributed by atoms with Gasteiger partial charge in [-0.05, 0) is 41.0 Å². The summed E-state index contributed by atoms with van der Waals surface area (Å²) < 4.78 is 10.0. The summed E-state index contributed by atoms with van der Waals surface area (Å²) >= 11 is 0. The van der Waals surface area contributed by atoms with Crippen molar-refractivity contribution in [3.63, 3.8) is 0 Å². The molecule has 3 heterocycles. The number of Topliss-reactive ketones (excluding diaryl/α,β-unsaturated/α-hetero) is 1. The number of rotatable bonds is 12. The molecular formula is C41H46N6O9. The highest BCUT2D eigenvalue weighted by atomic mass is 16.6. The fourth-order valence-electron chi connectivity index (χ4n) is 7.02. The van der Waals surface area contributed by atoms with Gasteiger partial charge in [-0.25, -0.2) is 14.6 Å². The third-order valence-electron chi connectivity index (χ3n) is 10.1. The number of alkyl carbamates (subject to hydrolysis) is 1. The number of amides is 4. The molecule has 2 fully saturated rings. The number of aromatic amines is 1. The highest BCUT2D eigenvalue weighted by molar-refractivity contribution is 6.00. The van der Waals surface area contributed by atoms with Crippen molar-refractivity contribution in [1.29, 1.82) is 0 Å². The predicted octanol–water partition coefficient (Wildman–Crippen LogP) is 4.18. The lowest BCUT2D eigenvalue weighted by atomic mass is 10.0. The first-order valence-electron chi connectivity index (χ1n) is 18.5. The van der Waals surface area contributed by atoms with E-state index in [-0.39, 0.29) is 36.8 Å². The Hall–Kier alpha value is -6.06. The van der Waals surface area contributed by atoms with Gasteiger partial charge in [0, 0.05) is 18.5 Å². The number of hydrogen-bond acceptors (Lipinski definition) is 10. The highest BCUT2D eigenvalue weighted by Gasteiger charge is 2.48. The van der Waals surface area contributed by atoms with Crippen LogP contribution in [0.3, 0.4) is 0 Å². The molecule has 294 valence electrons. The van der Waals surface area contributed by atoms with Gasteiger partial charge in [-0.2, -0.15) is 0 Å². The second-order valence-corrected chi connectivity index (χ2v) is 14.4. The Morgan fingerprint density at radius 2 is 1.59 bits per heavy atom. The zero-order chi connectivity index (χ0) is 40.0. The lowest BCUT2D eigenvalue weighted by Crippen LogP contribution is -2.51. The fourth-order valence-corrected chi connectivity index (χ4v) is 7.02. The van der Waals surface area contributed by atoms with Crippen molar-refractivity contribution in [1.82, 2.24) is 30.4 Å². The molecule has 5 N–H and O–H groups in total. The number of methoxy groups -OCH3 is 1. The van der Waals surface area contributed by atoms with Crippen LogP contribution in [0.5, 0.6) is 0 Å². The van der Waals surface area contributed by atoms with E-state index in [1.807, 2.05) is 44.2 Å². The Bertz CT molecular complexity index is 2030. The third-order valence-corrected chi connectivity index (χ3v) is 10.1. The van der Waals surface area contributed by atoms with Gasteiger partial charge in [0.2, 0.25) is 11.8 Å². The van der Waals surface area contributed by atoms with Crippen molar-refractivity contribution in [2.45, 2.75) is 63.6 Å². The smallest absolute Gasteiger partial charge is 0.410 e. The Balaban J connectivity index is 1.03. The number of nitrogens with zero attached hydrogens (tertiary/aromatic N) is 3. The molecule has 15 nitrogen and oxygen atoms in total. The molecule has 1 aromatic heterocycles. The molecule has 15 heteroatoms. The SMILES string of the molecule is COC(=O)N[C@H](C(=O)N1CCCC1c1ncc(-c2ccc(-c3ccc(C(=O)CNC(=O)[C@@H]4CC(O)(O)CN4C(=O)OCc4ccccc4)cc3)cc2)[nH]1)C(C)C. The van der Waals surface area contributed by atoms with E-state index in [4.69, 9.17) is 9.47 Å². The van der Waals surface area contributed by atoms with Crippen molar-refractivity contribution in [2.75, 3.05) is 26.7 Å². The Morgan fingerprint density at radius 1 is 0.929 bits per heavy atom. The van der Waals surface area contributed by atoms with Crippen LogP contribution in [-0.2, 0) is 25.7 Å². The van der Waals surface area contributed by atoms with Gasteiger partial charge < -0.3 is 40.2 Å².